The zero-order valence-corrected chi connectivity index (χ0v) is 19.7. The largest absolute Gasteiger partial charge is 0.489 e. The van der Waals surface area contributed by atoms with E-state index in [1.165, 1.54) is 0 Å². The molecule has 8 nitrogen and oxygen atoms in total. The minimum atomic E-state index is -1.25. The van der Waals surface area contributed by atoms with E-state index in [0.29, 0.717) is 22.3 Å². The molecule has 1 fully saturated rings. The van der Waals surface area contributed by atoms with Crippen molar-refractivity contribution in [1.82, 2.24) is 9.88 Å². The summed E-state index contributed by atoms with van der Waals surface area (Å²) in [7, 11) is 0. The van der Waals surface area contributed by atoms with Gasteiger partial charge in [-0.1, -0.05) is 65.1 Å². The number of hydrogen-bond acceptors (Lipinski definition) is 7. The van der Waals surface area contributed by atoms with Crippen molar-refractivity contribution in [2.75, 3.05) is 6.54 Å². The molecule has 174 valence electrons. The number of nitrogens with zero attached hydrogens (tertiary/aromatic N) is 1. The lowest BCUT2D eigenvalue weighted by atomic mass is 9.83. The van der Waals surface area contributed by atoms with Gasteiger partial charge in [-0.05, 0) is 30.2 Å². The Morgan fingerprint density at radius 2 is 1.88 bits per heavy atom. The number of thioether (sulfide) groups is 1. The molecule has 2 N–H and O–H groups in total. The Bertz CT molecular complexity index is 1350. The third-order valence-electron chi connectivity index (χ3n) is 5.94. The van der Waals surface area contributed by atoms with Gasteiger partial charge in [0, 0.05) is 10.8 Å². The number of rotatable bonds is 6. The minimum Gasteiger partial charge on any atom is -0.489 e. The Morgan fingerprint density at radius 1 is 1.12 bits per heavy atom. The predicted octanol–water partition coefficient (Wildman–Crippen LogP) is 3.00. The van der Waals surface area contributed by atoms with Crippen LogP contribution in [-0.4, -0.2) is 44.6 Å². The van der Waals surface area contributed by atoms with Crippen LogP contribution in [0.5, 0.6) is 5.75 Å². The summed E-state index contributed by atoms with van der Waals surface area (Å²) >= 11 is 2.14. The fourth-order valence-electron chi connectivity index (χ4n) is 4.46. The van der Waals surface area contributed by atoms with Gasteiger partial charge >= 0.3 is 10.8 Å². The number of aliphatic carboxylic acids is 1. The molecule has 1 saturated heterocycles. The van der Waals surface area contributed by atoms with E-state index in [-0.39, 0.29) is 4.87 Å². The maximum atomic E-state index is 13.2. The molecule has 0 bridgehead atoms. The second-order valence-corrected chi connectivity index (χ2v) is 10.4. The molecular weight excluding hydrogens is 476 g/mol. The third-order valence-corrected chi connectivity index (χ3v) is 8.34. The Kier molecular flexibility index (Phi) is 5.78. The average Bonchev–Trinajstić information content (AvgIpc) is 3.28. The first-order valence-corrected chi connectivity index (χ1v) is 12.3. The number of aromatic amines is 1. The van der Waals surface area contributed by atoms with Gasteiger partial charge in [0.1, 0.15) is 24.2 Å². The highest BCUT2D eigenvalue weighted by molar-refractivity contribution is 8.00. The highest BCUT2D eigenvalue weighted by Gasteiger charge is 2.56. The van der Waals surface area contributed by atoms with Gasteiger partial charge in [0.2, 0.25) is 11.8 Å². The smallest absolute Gasteiger partial charge is 0.323 e. The number of aryl methyl sites for hydroxylation is 1. The van der Waals surface area contributed by atoms with Crippen LogP contribution in [0.4, 0.5) is 0 Å². The van der Waals surface area contributed by atoms with Crippen molar-refractivity contribution in [2.45, 2.75) is 29.7 Å². The van der Waals surface area contributed by atoms with Gasteiger partial charge in [0.05, 0.1) is 10.9 Å². The zero-order valence-electron chi connectivity index (χ0n) is 18.0. The Labute approximate surface area is 202 Å². The van der Waals surface area contributed by atoms with Crippen LogP contribution in [0, 0.1) is 12.8 Å². The van der Waals surface area contributed by atoms with Gasteiger partial charge in [-0.2, -0.15) is 0 Å². The average molecular weight is 497 g/mol. The number of aromatic nitrogens is 1. The maximum absolute atomic E-state index is 13.2. The molecule has 3 atom stereocenters. The van der Waals surface area contributed by atoms with E-state index in [2.05, 4.69) is 11.1 Å². The molecule has 0 aliphatic carbocycles. The van der Waals surface area contributed by atoms with Gasteiger partial charge in [0.15, 0.2) is 0 Å². The fourth-order valence-corrected chi connectivity index (χ4v) is 7.00. The summed E-state index contributed by atoms with van der Waals surface area (Å²) < 4.78 is 5.90. The second-order valence-electron chi connectivity index (χ2n) is 8.25. The Hall–Kier alpha value is -3.37. The molecule has 10 heteroatoms. The van der Waals surface area contributed by atoms with Crippen molar-refractivity contribution in [2.24, 2.45) is 5.92 Å². The lowest BCUT2D eigenvalue weighted by molar-refractivity contribution is -0.149. The highest BCUT2D eigenvalue weighted by Crippen LogP contribution is 2.52. The lowest BCUT2D eigenvalue weighted by Gasteiger charge is -2.29. The van der Waals surface area contributed by atoms with E-state index in [1.807, 2.05) is 37.3 Å². The van der Waals surface area contributed by atoms with Gasteiger partial charge in [-0.3, -0.25) is 24.1 Å². The summed E-state index contributed by atoms with van der Waals surface area (Å²) in [5.41, 5.74) is 2.95. The first-order valence-electron chi connectivity index (χ1n) is 10.6. The van der Waals surface area contributed by atoms with E-state index in [1.54, 1.807) is 12.1 Å². The summed E-state index contributed by atoms with van der Waals surface area (Å²) in [5.74, 6) is -2.98. The van der Waals surface area contributed by atoms with Crippen molar-refractivity contribution >= 4 is 40.9 Å². The molecule has 1 aromatic heterocycles. The maximum Gasteiger partial charge on any atom is 0.323 e. The molecule has 0 unspecified atom stereocenters. The molecular formula is C24H20N2O6S2. The van der Waals surface area contributed by atoms with Crippen molar-refractivity contribution < 1.29 is 24.2 Å². The topological polar surface area (TPSA) is 117 Å². The van der Waals surface area contributed by atoms with Gasteiger partial charge < -0.3 is 14.8 Å². The number of ether oxygens (including phenoxy) is 1. The number of H-pyrrole nitrogens is 1. The van der Waals surface area contributed by atoms with E-state index in [4.69, 9.17) is 9.84 Å². The molecule has 2 amide bonds. The fraction of sp³-hybridized carbons (Fsp3) is 0.250. The predicted molar refractivity (Wildman–Crippen MR) is 126 cm³/mol. The number of benzene rings is 2. The summed E-state index contributed by atoms with van der Waals surface area (Å²) in [4.78, 5) is 53.4. The number of hydrogen-bond donors (Lipinski definition) is 2. The van der Waals surface area contributed by atoms with Crippen molar-refractivity contribution in [1.29, 1.82) is 0 Å². The molecule has 2 aromatic carbocycles. The van der Waals surface area contributed by atoms with E-state index < -0.39 is 41.4 Å². The van der Waals surface area contributed by atoms with Crippen LogP contribution in [0.25, 0.3) is 0 Å². The van der Waals surface area contributed by atoms with Gasteiger partial charge in [-0.25, -0.2) is 0 Å². The first-order chi connectivity index (χ1) is 16.3. The molecule has 5 rings (SSSR count). The number of amides is 2. The molecule has 3 heterocycles. The first kappa shape index (κ1) is 22.4. The van der Waals surface area contributed by atoms with Crippen LogP contribution in [-0.2, 0) is 21.0 Å². The summed E-state index contributed by atoms with van der Waals surface area (Å²) in [6.45, 7) is 1.75. The van der Waals surface area contributed by atoms with E-state index in [9.17, 15) is 19.2 Å². The number of thiazole rings is 1. The quantitative estimate of drug-likeness (QED) is 0.504. The van der Waals surface area contributed by atoms with Crippen LogP contribution < -0.4 is 9.61 Å². The number of imide groups is 1. The van der Waals surface area contributed by atoms with Crippen LogP contribution >= 0.6 is 23.1 Å². The van der Waals surface area contributed by atoms with Crippen molar-refractivity contribution in [3.63, 3.8) is 0 Å². The van der Waals surface area contributed by atoms with Crippen LogP contribution in [0.1, 0.15) is 27.5 Å². The van der Waals surface area contributed by atoms with Crippen LogP contribution in [0.3, 0.4) is 0 Å². The summed E-state index contributed by atoms with van der Waals surface area (Å²) in [6, 6.07) is 15.3. The highest BCUT2D eigenvalue weighted by atomic mass is 32.2. The van der Waals surface area contributed by atoms with Crippen molar-refractivity contribution in [3.8, 4) is 5.75 Å². The molecule has 0 spiro atoms. The number of carbonyl (C=O) groups is 3. The number of carbonyl (C=O) groups excluding carboxylic acids is 2. The Morgan fingerprint density at radius 3 is 2.59 bits per heavy atom. The van der Waals surface area contributed by atoms with E-state index >= 15 is 0 Å². The molecule has 2 aliphatic rings. The SMILES string of the molecule is Cc1cccc(COc2ccc([C@@H]3c4sc(=O)[nH]c4S[C@@H]4C(=O)N(CC(=O)O)C(=O)[C@H]34)cc2)c1. The van der Waals surface area contributed by atoms with E-state index in [0.717, 1.165) is 44.7 Å². The number of fused-ring (bicyclic) bond motifs is 2. The Balaban J connectivity index is 1.44. The molecule has 0 radical (unpaired) electrons. The normalized spacial score (nSPS) is 21.3. The monoisotopic (exact) mass is 496 g/mol. The van der Waals surface area contributed by atoms with Gasteiger partial charge in [-0.15, -0.1) is 0 Å². The van der Waals surface area contributed by atoms with Crippen LogP contribution in [0.15, 0.2) is 58.4 Å². The zero-order chi connectivity index (χ0) is 24.0. The standard InChI is InChI=1S/C24H20N2O6S2/c1-12-3-2-4-13(9-12)11-32-15-7-5-14(6-8-15)17-18-20(33-21-19(17)34-24(31)25-21)23(30)26(22(18)29)10-16(27)28/h2-9,17-18,20H,10-11H2,1H3,(H,25,31)(H,27,28)/t17-,18+,20-/m0/s1. The molecule has 2 aliphatic heterocycles. The third kappa shape index (κ3) is 4.03. The molecule has 34 heavy (non-hydrogen) atoms. The number of nitrogens with one attached hydrogen (secondary N) is 1. The van der Waals surface area contributed by atoms with Crippen molar-refractivity contribution in [3.05, 3.63) is 79.8 Å². The second kappa shape index (κ2) is 8.77. The number of carboxylic acid groups (broad SMARTS) is 1. The number of carboxylic acids is 1. The summed E-state index contributed by atoms with van der Waals surface area (Å²) in [5, 5.41) is 8.93. The minimum absolute atomic E-state index is 0.261. The summed E-state index contributed by atoms with van der Waals surface area (Å²) in [6.07, 6.45) is 0. The molecule has 3 aromatic rings. The van der Waals surface area contributed by atoms with Crippen LogP contribution in [0.2, 0.25) is 0 Å². The molecule has 0 saturated carbocycles. The van der Waals surface area contributed by atoms with Gasteiger partial charge in [0.25, 0.3) is 0 Å². The number of likely N-dealkylation sites (tertiary alicyclic amines) is 1. The lowest BCUT2D eigenvalue weighted by Crippen LogP contribution is -2.36.